The van der Waals surface area contributed by atoms with E-state index in [4.69, 9.17) is 0 Å². The van der Waals surface area contributed by atoms with E-state index in [1.165, 1.54) is 4.90 Å². The van der Waals surface area contributed by atoms with Crippen molar-refractivity contribution in [1.82, 2.24) is 20.9 Å². The van der Waals surface area contributed by atoms with Gasteiger partial charge in [0.25, 0.3) is 0 Å². The number of nitrogens with zero attached hydrogens (tertiary/aromatic N) is 1. The lowest BCUT2D eigenvalue weighted by molar-refractivity contribution is -0.139. The molecule has 0 unspecified atom stereocenters. The summed E-state index contributed by atoms with van der Waals surface area (Å²) in [6, 6.07) is 0. The van der Waals surface area contributed by atoms with E-state index in [1.807, 2.05) is 6.92 Å². The van der Waals surface area contributed by atoms with Crippen LogP contribution >= 0.6 is 0 Å². The van der Waals surface area contributed by atoms with Crippen LogP contribution in [-0.2, 0) is 33.6 Å². The van der Waals surface area contributed by atoms with Gasteiger partial charge < -0.3 is 20.9 Å². The Morgan fingerprint density at radius 2 is 0.976 bits per heavy atom. The molecular weight excluding hydrogens is 528 g/mol. The van der Waals surface area contributed by atoms with Crippen LogP contribution in [0.5, 0.6) is 0 Å². The maximum absolute atomic E-state index is 12.9. The van der Waals surface area contributed by atoms with Crippen LogP contribution in [0.1, 0.15) is 116 Å². The number of Topliss-reactive ketones (excluding diaryl/α,β-unsaturated/α-hetero) is 3. The maximum atomic E-state index is 12.9. The smallest absolute Gasteiger partial charge is 0.239 e. The number of ketones is 3. The van der Waals surface area contributed by atoms with E-state index < -0.39 is 5.91 Å². The van der Waals surface area contributed by atoms with Crippen LogP contribution in [0.2, 0.25) is 0 Å². The number of nitrogens with one attached hydrogen (secondary N) is 3. The van der Waals surface area contributed by atoms with E-state index in [0.29, 0.717) is 64.3 Å². The monoisotopic (exact) mass is 580 g/mol. The van der Waals surface area contributed by atoms with Gasteiger partial charge in [0, 0.05) is 72.0 Å². The summed E-state index contributed by atoms with van der Waals surface area (Å²) in [5.74, 6) is -0.910. The summed E-state index contributed by atoms with van der Waals surface area (Å²) in [4.78, 5) is 85.5. The van der Waals surface area contributed by atoms with Crippen molar-refractivity contribution < 1.29 is 33.6 Å². The lowest BCUT2D eigenvalue weighted by atomic mass is 10.1. The molecule has 0 aromatic rings. The number of carbonyl (C=O) groups excluding carboxylic acids is 7. The van der Waals surface area contributed by atoms with Crippen molar-refractivity contribution in [3.63, 3.8) is 0 Å². The highest BCUT2D eigenvalue weighted by Gasteiger charge is 2.21. The lowest BCUT2D eigenvalue weighted by Crippen LogP contribution is -2.43. The zero-order chi connectivity index (χ0) is 30.9. The fourth-order valence-electron chi connectivity index (χ4n) is 4.13. The average Bonchev–Trinajstić information content (AvgIpc) is 2.96. The van der Waals surface area contributed by atoms with Crippen LogP contribution in [0.25, 0.3) is 0 Å². The van der Waals surface area contributed by atoms with Crippen molar-refractivity contribution in [3.05, 3.63) is 0 Å². The first-order valence-corrected chi connectivity index (χ1v) is 15.1. The Kier molecular flexibility index (Phi) is 22.8. The summed E-state index contributed by atoms with van der Waals surface area (Å²) in [6.07, 6.45) is 8.80. The first-order chi connectivity index (χ1) is 19.6. The lowest BCUT2D eigenvalue weighted by Gasteiger charge is -2.21. The molecule has 4 amide bonds. The molecule has 0 fully saturated rings. The van der Waals surface area contributed by atoms with E-state index in [0.717, 1.165) is 25.7 Å². The van der Waals surface area contributed by atoms with Crippen LogP contribution < -0.4 is 16.0 Å². The van der Waals surface area contributed by atoms with Crippen molar-refractivity contribution in [1.29, 1.82) is 0 Å². The zero-order valence-electron chi connectivity index (χ0n) is 25.4. The van der Waals surface area contributed by atoms with E-state index in [1.54, 1.807) is 14.1 Å². The molecule has 0 rings (SSSR count). The minimum Gasteiger partial charge on any atom is -0.359 e. The quantitative estimate of drug-likeness (QED) is 0.133. The highest BCUT2D eigenvalue weighted by atomic mass is 16.2. The molecule has 0 bridgehead atoms. The van der Waals surface area contributed by atoms with E-state index >= 15 is 0 Å². The molecule has 3 N–H and O–H groups in total. The fraction of sp³-hybridized carbons (Fsp3) is 0.767. The van der Waals surface area contributed by atoms with Crippen molar-refractivity contribution in [2.24, 2.45) is 0 Å². The topological polar surface area (TPSA) is 159 Å². The molecule has 0 aliphatic carbocycles. The third kappa shape index (κ3) is 22.3. The number of carbonyl (C=O) groups is 7. The SMILES string of the molecule is CCC(=O)CCCCCCC(=O)CN(CC(=O)NCCCCCC(=O)NC)C(=O)CCC(=O)CCCCC(=O)NC. The molecule has 0 radical (unpaired) electrons. The third-order valence-electron chi connectivity index (χ3n) is 6.80. The second-order valence-electron chi connectivity index (χ2n) is 10.3. The summed E-state index contributed by atoms with van der Waals surface area (Å²) in [5, 5.41) is 7.86. The predicted octanol–water partition coefficient (Wildman–Crippen LogP) is 2.78. The molecule has 0 spiro atoms. The van der Waals surface area contributed by atoms with Crippen molar-refractivity contribution in [2.45, 2.75) is 116 Å². The second-order valence-corrected chi connectivity index (χ2v) is 10.3. The first-order valence-electron chi connectivity index (χ1n) is 15.1. The zero-order valence-corrected chi connectivity index (χ0v) is 25.4. The molecule has 0 aliphatic heterocycles. The molecule has 0 saturated heterocycles. The first kappa shape index (κ1) is 37.9. The Bertz CT molecular complexity index is 803. The van der Waals surface area contributed by atoms with Gasteiger partial charge in [0.15, 0.2) is 5.78 Å². The molecule has 11 heteroatoms. The molecule has 0 heterocycles. The van der Waals surface area contributed by atoms with Gasteiger partial charge in [0.1, 0.15) is 11.6 Å². The molecule has 0 aliphatic rings. The van der Waals surface area contributed by atoms with Crippen LogP contribution in [0.15, 0.2) is 0 Å². The summed E-state index contributed by atoms with van der Waals surface area (Å²) in [6.45, 7) is 1.79. The number of hydrogen-bond acceptors (Lipinski definition) is 7. The van der Waals surface area contributed by atoms with Crippen molar-refractivity contribution >= 4 is 41.0 Å². The Morgan fingerprint density at radius 3 is 1.56 bits per heavy atom. The Morgan fingerprint density at radius 1 is 0.488 bits per heavy atom. The van der Waals surface area contributed by atoms with Gasteiger partial charge in [-0.1, -0.05) is 26.2 Å². The van der Waals surface area contributed by atoms with Gasteiger partial charge >= 0.3 is 0 Å². The number of amides is 4. The Labute approximate surface area is 245 Å². The molecule has 0 aromatic carbocycles. The van der Waals surface area contributed by atoms with E-state index in [-0.39, 0.29) is 73.8 Å². The van der Waals surface area contributed by atoms with E-state index in [9.17, 15) is 33.6 Å². The molecule has 41 heavy (non-hydrogen) atoms. The number of unbranched alkanes of at least 4 members (excludes halogenated alkanes) is 6. The van der Waals surface area contributed by atoms with Gasteiger partial charge in [-0.25, -0.2) is 0 Å². The summed E-state index contributed by atoms with van der Waals surface area (Å²) in [5.41, 5.74) is 0. The van der Waals surface area contributed by atoms with Crippen LogP contribution in [0, 0.1) is 0 Å². The Hall–Kier alpha value is -3.11. The third-order valence-corrected chi connectivity index (χ3v) is 6.80. The van der Waals surface area contributed by atoms with Crippen molar-refractivity contribution in [2.75, 3.05) is 33.7 Å². The number of hydrogen-bond donors (Lipinski definition) is 3. The molecule has 0 aromatic heterocycles. The standard InChI is InChI=1S/C30H52N4O7/c1-4-24(35)14-8-5-6-9-16-26(37)22-34(23-29(40)33-21-13-7-10-17-27(38)31-2)30(41)20-19-25(36)15-11-12-18-28(39)32-3/h4-23H2,1-3H3,(H,31,38)(H,32,39)(H,33,40). The second kappa shape index (κ2) is 24.7. The highest BCUT2D eigenvalue weighted by Crippen LogP contribution is 2.10. The highest BCUT2D eigenvalue weighted by molar-refractivity contribution is 5.91. The Balaban J connectivity index is 4.69. The summed E-state index contributed by atoms with van der Waals surface area (Å²) >= 11 is 0. The van der Waals surface area contributed by atoms with Crippen LogP contribution in [-0.4, -0.2) is 79.6 Å². The predicted molar refractivity (Wildman–Crippen MR) is 157 cm³/mol. The van der Waals surface area contributed by atoms with Gasteiger partial charge in [-0.15, -0.1) is 0 Å². The molecule has 0 atom stereocenters. The maximum Gasteiger partial charge on any atom is 0.239 e. The minimum atomic E-state index is -0.420. The normalized spacial score (nSPS) is 10.5. The molecule has 11 nitrogen and oxygen atoms in total. The van der Waals surface area contributed by atoms with Gasteiger partial charge in [0.05, 0.1) is 13.1 Å². The van der Waals surface area contributed by atoms with Gasteiger partial charge in [-0.05, 0) is 38.5 Å². The summed E-state index contributed by atoms with van der Waals surface area (Å²) in [7, 11) is 3.15. The average molecular weight is 581 g/mol. The molecule has 234 valence electrons. The van der Waals surface area contributed by atoms with Gasteiger partial charge in [-0.3, -0.25) is 33.6 Å². The summed E-state index contributed by atoms with van der Waals surface area (Å²) < 4.78 is 0. The van der Waals surface area contributed by atoms with Crippen molar-refractivity contribution in [3.8, 4) is 0 Å². The largest absolute Gasteiger partial charge is 0.359 e. The van der Waals surface area contributed by atoms with Crippen LogP contribution in [0.3, 0.4) is 0 Å². The van der Waals surface area contributed by atoms with Gasteiger partial charge in [-0.2, -0.15) is 0 Å². The molecule has 0 saturated carbocycles. The fourth-order valence-corrected chi connectivity index (χ4v) is 4.13. The minimum absolute atomic E-state index is 0.0208. The van der Waals surface area contributed by atoms with Gasteiger partial charge in [0.2, 0.25) is 23.6 Å². The van der Waals surface area contributed by atoms with E-state index in [2.05, 4.69) is 16.0 Å². The number of rotatable bonds is 26. The molecular formula is C30H52N4O7. The van der Waals surface area contributed by atoms with Crippen LogP contribution in [0.4, 0.5) is 0 Å².